The number of amides is 1. The Hall–Kier alpha value is -1.37. The third kappa shape index (κ3) is 5.16. The lowest BCUT2D eigenvalue weighted by Gasteiger charge is -2.38. The summed E-state index contributed by atoms with van der Waals surface area (Å²) in [5, 5.41) is 9.35. The van der Waals surface area contributed by atoms with E-state index in [4.69, 9.17) is 9.47 Å². The first-order valence-electron chi connectivity index (χ1n) is 10.3. The summed E-state index contributed by atoms with van der Waals surface area (Å²) in [5.74, 6) is 0.417. The Kier molecular flexibility index (Phi) is 7.94. The van der Waals surface area contributed by atoms with Crippen LogP contribution in [-0.4, -0.2) is 48.5 Å². The summed E-state index contributed by atoms with van der Waals surface area (Å²) in [4.78, 5) is 15.0. The minimum absolute atomic E-state index is 0.00805. The SMILES string of the molecule is CCO[C@@H]1OC(C(=O)N2CCCCC2)=C[C@H](c2ccc(Br)cc2)[C@@H]1CCCO. The maximum atomic E-state index is 13.1. The third-order valence-corrected chi connectivity index (χ3v) is 6.05. The topological polar surface area (TPSA) is 59.0 Å². The van der Waals surface area contributed by atoms with Gasteiger partial charge in [-0.25, -0.2) is 0 Å². The number of aliphatic hydroxyl groups is 1. The van der Waals surface area contributed by atoms with Gasteiger partial charge in [-0.2, -0.15) is 0 Å². The summed E-state index contributed by atoms with van der Waals surface area (Å²) >= 11 is 3.49. The predicted octanol–water partition coefficient (Wildman–Crippen LogP) is 4.21. The van der Waals surface area contributed by atoms with E-state index in [1.54, 1.807) is 0 Å². The van der Waals surface area contributed by atoms with E-state index in [1.165, 1.54) is 6.42 Å². The van der Waals surface area contributed by atoms with Crippen molar-refractivity contribution in [2.24, 2.45) is 5.92 Å². The maximum absolute atomic E-state index is 13.1. The Bertz CT molecular complexity index is 670. The zero-order valence-corrected chi connectivity index (χ0v) is 18.1. The molecule has 2 aliphatic heterocycles. The lowest BCUT2D eigenvalue weighted by molar-refractivity contribution is -0.170. The summed E-state index contributed by atoms with van der Waals surface area (Å²) in [6, 6.07) is 8.19. The van der Waals surface area contributed by atoms with E-state index in [2.05, 4.69) is 28.1 Å². The van der Waals surface area contributed by atoms with E-state index in [0.29, 0.717) is 18.8 Å². The van der Waals surface area contributed by atoms with Gasteiger partial charge in [0.1, 0.15) is 0 Å². The van der Waals surface area contributed by atoms with E-state index in [-0.39, 0.29) is 24.3 Å². The number of rotatable bonds is 7. The third-order valence-electron chi connectivity index (χ3n) is 5.52. The van der Waals surface area contributed by atoms with Gasteiger partial charge in [-0.15, -0.1) is 0 Å². The molecule has 0 radical (unpaired) electrons. The molecular weight excluding hydrogens is 422 g/mol. The van der Waals surface area contributed by atoms with Crippen LogP contribution in [0.5, 0.6) is 0 Å². The van der Waals surface area contributed by atoms with Crippen LogP contribution in [0.3, 0.4) is 0 Å². The molecule has 1 fully saturated rings. The van der Waals surface area contributed by atoms with Gasteiger partial charge >= 0.3 is 0 Å². The van der Waals surface area contributed by atoms with Crippen LogP contribution in [0.4, 0.5) is 0 Å². The van der Waals surface area contributed by atoms with Gasteiger partial charge in [-0.3, -0.25) is 4.79 Å². The molecule has 6 heteroatoms. The Labute approximate surface area is 175 Å². The fraction of sp³-hybridized carbons (Fsp3) is 0.591. The normalized spacial score (nSPS) is 25.2. The van der Waals surface area contributed by atoms with Crippen molar-refractivity contribution in [1.82, 2.24) is 4.90 Å². The number of piperidine rings is 1. The van der Waals surface area contributed by atoms with Crippen molar-refractivity contribution in [3.8, 4) is 0 Å². The molecular formula is C22H30BrNO4. The van der Waals surface area contributed by atoms with Crippen LogP contribution < -0.4 is 0 Å². The van der Waals surface area contributed by atoms with Gasteiger partial charge in [0.25, 0.3) is 5.91 Å². The molecule has 0 saturated carbocycles. The fourth-order valence-corrected chi connectivity index (χ4v) is 4.34. The highest BCUT2D eigenvalue weighted by molar-refractivity contribution is 9.10. The molecule has 0 unspecified atom stereocenters. The van der Waals surface area contributed by atoms with E-state index in [0.717, 1.165) is 42.4 Å². The molecule has 28 heavy (non-hydrogen) atoms. The first kappa shape index (κ1) is 21.3. The number of ether oxygens (including phenoxy) is 2. The molecule has 154 valence electrons. The summed E-state index contributed by atoms with van der Waals surface area (Å²) in [6.07, 6.45) is 6.19. The van der Waals surface area contributed by atoms with E-state index >= 15 is 0 Å². The molecule has 1 saturated heterocycles. The van der Waals surface area contributed by atoms with Crippen molar-refractivity contribution in [3.05, 3.63) is 46.1 Å². The lowest BCUT2D eigenvalue weighted by atomic mass is 9.80. The van der Waals surface area contributed by atoms with Gasteiger partial charge in [0.2, 0.25) is 6.29 Å². The van der Waals surface area contributed by atoms with Crippen molar-refractivity contribution < 1.29 is 19.4 Å². The van der Waals surface area contributed by atoms with Gasteiger partial charge < -0.3 is 19.5 Å². The Morgan fingerprint density at radius 3 is 2.61 bits per heavy atom. The first-order chi connectivity index (χ1) is 13.6. The second-order valence-electron chi connectivity index (χ2n) is 7.43. The Balaban J connectivity index is 1.92. The predicted molar refractivity (Wildman–Crippen MR) is 112 cm³/mol. The lowest BCUT2D eigenvalue weighted by Crippen LogP contribution is -2.42. The van der Waals surface area contributed by atoms with Crippen molar-refractivity contribution in [3.63, 3.8) is 0 Å². The van der Waals surface area contributed by atoms with E-state index in [9.17, 15) is 9.90 Å². The number of likely N-dealkylation sites (tertiary alicyclic amines) is 1. The van der Waals surface area contributed by atoms with Crippen molar-refractivity contribution in [2.75, 3.05) is 26.3 Å². The van der Waals surface area contributed by atoms with Gasteiger partial charge in [0.15, 0.2) is 5.76 Å². The van der Waals surface area contributed by atoms with Crippen LogP contribution in [0.1, 0.15) is 50.5 Å². The van der Waals surface area contributed by atoms with Crippen molar-refractivity contribution >= 4 is 21.8 Å². The zero-order chi connectivity index (χ0) is 19.9. The van der Waals surface area contributed by atoms with Gasteiger partial charge in [0, 0.05) is 42.6 Å². The first-order valence-corrected chi connectivity index (χ1v) is 11.1. The molecule has 3 rings (SSSR count). The van der Waals surface area contributed by atoms with Crippen LogP contribution in [0, 0.1) is 5.92 Å². The Morgan fingerprint density at radius 2 is 1.96 bits per heavy atom. The van der Waals surface area contributed by atoms with Crippen molar-refractivity contribution in [1.29, 1.82) is 0 Å². The minimum atomic E-state index is -0.487. The highest BCUT2D eigenvalue weighted by Gasteiger charge is 2.38. The van der Waals surface area contributed by atoms with Crippen LogP contribution in [0.15, 0.2) is 40.6 Å². The number of hydrogen-bond acceptors (Lipinski definition) is 4. The number of carbonyl (C=O) groups is 1. The molecule has 1 N–H and O–H groups in total. The molecule has 0 aliphatic carbocycles. The number of carbonyl (C=O) groups excluding carboxylic acids is 1. The van der Waals surface area contributed by atoms with E-state index < -0.39 is 6.29 Å². The molecule has 2 aliphatic rings. The maximum Gasteiger partial charge on any atom is 0.288 e. The zero-order valence-electron chi connectivity index (χ0n) is 16.5. The van der Waals surface area contributed by atoms with Gasteiger partial charge in [-0.1, -0.05) is 28.1 Å². The average molecular weight is 452 g/mol. The Morgan fingerprint density at radius 1 is 1.25 bits per heavy atom. The van der Waals surface area contributed by atoms with Crippen molar-refractivity contribution in [2.45, 2.75) is 51.2 Å². The molecule has 0 aromatic heterocycles. The molecule has 1 aromatic rings. The number of aliphatic hydroxyl groups excluding tert-OH is 1. The fourth-order valence-electron chi connectivity index (χ4n) is 4.08. The highest BCUT2D eigenvalue weighted by Crippen LogP contribution is 2.40. The second-order valence-corrected chi connectivity index (χ2v) is 8.35. The van der Waals surface area contributed by atoms with Gasteiger partial charge in [-0.05, 0) is 62.8 Å². The molecule has 3 atom stereocenters. The monoisotopic (exact) mass is 451 g/mol. The van der Waals surface area contributed by atoms with Crippen LogP contribution in [0.25, 0.3) is 0 Å². The minimum Gasteiger partial charge on any atom is -0.459 e. The largest absolute Gasteiger partial charge is 0.459 e. The molecule has 0 spiro atoms. The summed E-state index contributed by atoms with van der Waals surface area (Å²) in [5.41, 5.74) is 1.13. The summed E-state index contributed by atoms with van der Waals surface area (Å²) in [7, 11) is 0. The standard InChI is InChI=1S/C22H30BrNO4/c1-2-27-22-18(7-6-14-25)19(16-8-10-17(23)11-9-16)15-20(28-22)21(26)24-12-4-3-5-13-24/h8-11,15,18-19,22,25H,2-7,12-14H2,1H3/t18-,19+,22+/m0/s1. The van der Waals surface area contributed by atoms with Crippen LogP contribution in [-0.2, 0) is 14.3 Å². The number of hydrogen-bond donors (Lipinski definition) is 1. The quantitative estimate of drug-likeness (QED) is 0.674. The summed E-state index contributed by atoms with van der Waals surface area (Å²) < 4.78 is 13.0. The molecule has 0 bridgehead atoms. The molecule has 1 amide bonds. The van der Waals surface area contributed by atoms with Gasteiger partial charge in [0.05, 0.1) is 0 Å². The molecule has 2 heterocycles. The highest BCUT2D eigenvalue weighted by atomic mass is 79.9. The smallest absolute Gasteiger partial charge is 0.288 e. The number of nitrogens with zero attached hydrogens (tertiary/aromatic N) is 1. The summed E-state index contributed by atoms with van der Waals surface area (Å²) in [6.45, 7) is 4.15. The second kappa shape index (κ2) is 10.4. The number of halogens is 1. The molecule has 5 nitrogen and oxygen atoms in total. The van der Waals surface area contributed by atoms with E-state index in [1.807, 2.05) is 30.0 Å². The van der Waals surface area contributed by atoms with Crippen LogP contribution in [0.2, 0.25) is 0 Å². The average Bonchev–Trinajstić information content (AvgIpc) is 2.73. The number of benzene rings is 1. The molecule has 1 aromatic carbocycles. The van der Waals surface area contributed by atoms with Crippen LogP contribution >= 0.6 is 15.9 Å². The number of allylic oxidation sites excluding steroid dienone is 1.